The van der Waals surface area contributed by atoms with E-state index < -0.39 is 5.97 Å². The number of amides is 1. The van der Waals surface area contributed by atoms with Gasteiger partial charge < -0.3 is 9.64 Å². The van der Waals surface area contributed by atoms with E-state index in [-0.39, 0.29) is 11.6 Å². The molecule has 3 aromatic carbocycles. The average Bonchev–Trinajstić information content (AvgIpc) is 3.78. The molecule has 8 heteroatoms. The minimum Gasteiger partial charge on any atom is -0.465 e. The first-order valence-corrected chi connectivity index (χ1v) is 13.8. The van der Waals surface area contributed by atoms with Gasteiger partial charge in [-0.2, -0.15) is 0 Å². The van der Waals surface area contributed by atoms with Crippen molar-refractivity contribution >= 4 is 34.5 Å². The molecule has 0 N–H and O–H groups in total. The Hall–Kier alpha value is -3.84. The number of piperidine rings is 1. The second-order valence-electron chi connectivity index (χ2n) is 10.5. The van der Waals surface area contributed by atoms with Gasteiger partial charge in [0.2, 0.25) is 5.91 Å². The minimum atomic E-state index is -0.418. The van der Waals surface area contributed by atoms with Gasteiger partial charge in [0.1, 0.15) is 0 Å². The van der Waals surface area contributed by atoms with Crippen LogP contribution in [-0.2, 0) is 16.1 Å². The highest BCUT2D eigenvalue weighted by atomic mass is 35.5. The number of hydrogen-bond acceptors (Lipinski definition) is 4. The monoisotopic (exact) mass is 543 g/mol. The summed E-state index contributed by atoms with van der Waals surface area (Å²) >= 11 is 6.35. The average molecular weight is 544 g/mol. The molecule has 1 aromatic heterocycles. The number of esters is 1. The van der Waals surface area contributed by atoms with Crippen LogP contribution in [0.3, 0.4) is 0 Å². The zero-order valence-electron chi connectivity index (χ0n) is 21.8. The first-order valence-electron chi connectivity index (χ1n) is 13.4. The smallest absolute Gasteiger partial charge is 0.337 e. The van der Waals surface area contributed by atoms with Gasteiger partial charge in [0, 0.05) is 24.0 Å². The SMILES string of the molecule is COC(=O)c1cccc(Cn2c(=O)n(-c3ccc(C4CCN(C(=O)C5CC5)CC4)cc3)c3cc(Cl)ccc32)c1. The maximum atomic E-state index is 13.8. The van der Waals surface area contributed by atoms with E-state index in [9.17, 15) is 14.4 Å². The Kier molecular flexibility index (Phi) is 6.77. The number of likely N-dealkylation sites (tertiary alicyclic amines) is 1. The van der Waals surface area contributed by atoms with Gasteiger partial charge in [-0.15, -0.1) is 0 Å². The molecule has 4 aromatic rings. The summed E-state index contributed by atoms with van der Waals surface area (Å²) in [6, 6.07) is 20.7. The molecule has 2 heterocycles. The lowest BCUT2D eigenvalue weighted by Crippen LogP contribution is -2.38. The van der Waals surface area contributed by atoms with Crippen LogP contribution in [0.15, 0.2) is 71.5 Å². The molecule has 1 saturated heterocycles. The van der Waals surface area contributed by atoms with Crippen molar-refractivity contribution in [3.05, 3.63) is 98.9 Å². The Bertz CT molecular complexity index is 1610. The number of rotatable bonds is 6. The number of fused-ring (bicyclic) bond motifs is 1. The van der Waals surface area contributed by atoms with Crippen LogP contribution < -0.4 is 5.69 Å². The molecule has 7 nitrogen and oxygen atoms in total. The Morgan fingerprint density at radius 3 is 2.36 bits per heavy atom. The van der Waals surface area contributed by atoms with Crippen LogP contribution in [0, 0.1) is 5.92 Å². The van der Waals surface area contributed by atoms with Crippen molar-refractivity contribution in [3.8, 4) is 5.69 Å². The molecule has 1 aliphatic heterocycles. The largest absolute Gasteiger partial charge is 0.465 e. The molecule has 6 rings (SSSR count). The molecule has 0 radical (unpaired) electrons. The lowest BCUT2D eigenvalue weighted by Gasteiger charge is -2.32. The summed E-state index contributed by atoms with van der Waals surface area (Å²) in [4.78, 5) is 40.2. The lowest BCUT2D eigenvalue weighted by molar-refractivity contribution is -0.133. The standard InChI is InChI=1S/C31H30ClN3O4/c1-39-30(37)24-4-2-3-20(17-24)19-34-27-12-9-25(32)18-28(27)35(31(34)38)26-10-7-21(8-11-26)22-13-15-33(16-14-22)29(36)23-5-6-23/h2-4,7-12,17-18,22-23H,5-6,13-16,19H2,1H3. The molecular weight excluding hydrogens is 514 g/mol. The van der Waals surface area contributed by atoms with E-state index in [1.54, 1.807) is 39.5 Å². The van der Waals surface area contributed by atoms with Gasteiger partial charge in [-0.25, -0.2) is 9.59 Å². The zero-order chi connectivity index (χ0) is 27.1. The highest BCUT2D eigenvalue weighted by molar-refractivity contribution is 6.31. The summed E-state index contributed by atoms with van der Waals surface area (Å²) in [6.07, 6.45) is 4.00. The summed E-state index contributed by atoms with van der Waals surface area (Å²) in [7, 11) is 1.35. The first kappa shape index (κ1) is 25.4. The van der Waals surface area contributed by atoms with Crippen LogP contribution in [0.1, 0.15) is 53.1 Å². The Morgan fingerprint density at radius 2 is 1.67 bits per heavy atom. The van der Waals surface area contributed by atoms with Gasteiger partial charge >= 0.3 is 11.7 Å². The molecule has 0 atom stereocenters. The molecule has 2 aliphatic rings. The van der Waals surface area contributed by atoms with Crippen molar-refractivity contribution in [2.24, 2.45) is 5.92 Å². The van der Waals surface area contributed by atoms with E-state index in [0.29, 0.717) is 29.0 Å². The number of benzene rings is 3. The molecule has 1 aliphatic carbocycles. The van der Waals surface area contributed by atoms with E-state index in [2.05, 4.69) is 12.1 Å². The minimum absolute atomic E-state index is 0.185. The summed E-state index contributed by atoms with van der Waals surface area (Å²) < 4.78 is 8.23. The molecular formula is C31H30ClN3O4. The summed E-state index contributed by atoms with van der Waals surface area (Å²) in [5.74, 6) is 0.581. The highest BCUT2D eigenvalue weighted by Crippen LogP contribution is 2.35. The molecule has 1 saturated carbocycles. The van der Waals surface area contributed by atoms with Crippen LogP contribution in [0.4, 0.5) is 0 Å². The number of imidazole rings is 1. The fraction of sp³-hybridized carbons (Fsp3) is 0.323. The van der Waals surface area contributed by atoms with Crippen LogP contribution in [0.25, 0.3) is 16.7 Å². The quantitative estimate of drug-likeness (QED) is 0.305. The maximum Gasteiger partial charge on any atom is 0.337 e. The molecule has 0 spiro atoms. The molecule has 0 bridgehead atoms. The van der Waals surface area contributed by atoms with Gasteiger partial charge in [-0.3, -0.25) is 13.9 Å². The molecule has 200 valence electrons. The third kappa shape index (κ3) is 4.99. The maximum absolute atomic E-state index is 13.8. The van der Waals surface area contributed by atoms with Crippen LogP contribution in [0.2, 0.25) is 5.02 Å². The normalized spacial score (nSPS) is 16.0. The Morgan fingerprint density at radius 1 is 0.923 bits per heavy atom. The van der Waals surface area contributed by atoms with Crippen LogP contribution >= 0.6 is 11.6 Å². The number of ether oxygens (including phenoxy) is 1. The third-order valence-corrected chi connectivity index (χ3v) is 8.17. The van der Waals surface area contributed by atoms with Gasteiger partial charge in [0.15, 0.2) is 0 Å². The van der Waals surface area contributed by atoms with Crippen molar-refractivity contribution in [1.82, 2.24) is 14.0 Å². The molecule has 1 amide bonds. The van der Waals surface area contributed by atoms with Crippen molar-refractivity contribution in [2.75, 3.05) is 20.2 Å². The van der Waals surface area contributed by atoms with Crippen LogP contribution in [-0.4, -0.2) is 46.1 Å². The number of carbonyl (C=O) groups is 2. The van der Waals surface area contributed by atoms with Gasteiger partial charge in [0.25, 0.3) is 0 Å². The van der Waals surface area contributed by atoms with E-state index in [0.717, 1.165) is 61.1 Å². The Balaban J connectivity index is 1.28. The van der Waals surface area contributed by atoms with Crippen molar-refractivity contribution in [1.29, 1.82) is 0 Å². The second kappa shape index (κ2) is 10.4. The second-order valence-corrected chi connectivity index (χ2v) is 10.9. The van der Waals surface area contributed by atoms with Crippen LogP contribution in [0.5, 0.6) is 0 Å². The zero-order valence-corrected chi connectivity index (χ0v) is 22.6. The topological polar surface area (TPSA) is 73.5 Å². The van der Waals surface area contributed by atoms with Gasteiger partial charge in [0.05, 0.1) is 35.9 Å². The predicted octanol–water partition coefficient (Wildman–Crippen LogP) is 5.40. The number of methoxy groups -OCH3 is 1. The van der Waals surface area contributed by atoms with E-state index in [1.165, 1.54) is 12.7 Å². The van der Waals surface area contributed by atoms with Gasteiger partial charge in [-0.1, -0.05) is 35.9 Å². The lowest BCUT2D eigenvalue weighted by atomic mass is 9.89. The highest BCUT2D eigenvalue weighted by Gasteiger charge is 2.35. The molecule has 0 unspecified atom stereocenters. The molecule has 2 fully saturated rings. The number of halogens is 1. The first-order chi connectivity index (χ1) is 18.9. The van der Waals surface area contributed by atoms with E-state index >= 15 is 0 Å². The number of nitrogens with zero attached hydrogens (tertiary/aromatic N) is 3. The van der Waals surface area contributed by atoms with Crippen molar-refractivity contribution in [3.63, 3.8) is 0 Å². The third-order valence-electron chi connectivity index (χ3n) is 7.94. The number of aromatic nitrogens is 2. The predicted molar refractivity (Wildman–Crippen MR) is 151 cm³/mol. The fourth-order valence-electron chi connectivity index (χ4n) is 5.65. The summed E-state index contributed by atoms with van der Waals surface area (Å²) in [5, 5.41) is 0.546. The van der Waals surface area contributed by atoms with E-state index in [1.807, 2.05) is 29.2 Å². The van der Waals surface area contributed by atoms with Gasteiger partial charge in [-0.05, 0) is 85.2 Å². The number of carbonyl (C=O) groups excluding carboxylic acids is 2. The summed E-state index contributed by atoms with van der Waals surface area (Å²) in [6.45, 7) is 1.92. The van der Waals surface area contributed by atoms with Crippen molar-refractivity contribution in [2.45, 2.75) is 38.1 Å². The van der Waals surface area contributed by atoms with Crippen molar-refractivity contribution < 1.29 is 14.3 Å². The summed E-state index contributed by atoms with van der Waals surface area (Å²) in [5.41, 5.74) is 4.53. The molecule has 39 heavy (non-hydrogen) atoms. The van der Waals surface area contributed by atoms with E-state index in [4.69, 9.17) is 16.3 Å². The fourth-order valence-corrected chi connectivity index (χ4v) is 5.81. The number of hydrogen-bond donors (Lipinski definition) is 0. The Labute approximate surface area is 231 Å².